The molecule has 1 atom stereocenters. The van der Waals surface area contributed by atoms with E-state index in [-0.39, 0.29) is 17.7 Å². The van der Waals surface area contributed by atoms with E-state index in [1.807, 2.05) is 0 Å². The number of guanidine groups is 1. The lowest BCUT2D eigenvalue weighted by Crippen LogP contribution is -2.36. The molecule has 0 bridgehead atoms. The largest absolute Gasteiger partial charge is 0.369 e. The lowest BCUT2D eigenvalue weighted by Gasteiger charge is -2.26. The monoisotopic (exact) mass is 273 g/mol. The second-order valence-electron chi connectivity index (χ2n) is 4.62. The molecule has 3 rings (SSSR count). The standard InChI is InChI=1S/C15H13F2N3/c16-11-6-4-10(5-7-11)14-9-19-15(18)20(14)13-3-1-2-12(17)8-13/h1-8,14H,9H2,(H2,18,19). The van der Waals surface area contributed by atoms with Crippen LogP contribution in [0.3, 0.4) is 0 Å². The summed E-state index contributed by atoms with van der Waals surface area (Å²) < 4.78 is 26.4. The van der Waals surface area contributed by atoms with Crippen LogP contribution in [-0.4, -0.2) is 12.5 Å². The van der Waals surface area contributed by atoms with Gasteiger partial charge in [0.15, 0.2) is 5.96 Å². The minimum Gasteiger partial charge on any atom is -0.369 e. The van der Waals surface area contributed by atoms with Gasteiger partial charge in [0, 0.05) is 5.69 Å². The van der Waals surface area contributed by atoms with E-state index in [0.717, 1.165) is 5.56 Å². The maximum absolute atomic E-state index is 13.4. The van der Waals surface area contributed by atoms with Crippen molar-refractivity contribution in [2.45, 2.75) is 6.04 Å². The van der Waals surface area contributed by atoms with Gasteiger partial charge in [0.1, 0.15) is 11.6 Å². The summed E-state index contributed by atoms with van der Waals surface area (Å²) in [6, 6.07) is 12.2. The average molecular weight is 273 g/mol. The van der Waals surface area contributed by atoms with Crippen molar-refractivity contribution in [2.24, 2.45) is 10.7 Å². The summed E-state index contributed by atoms with van der Waals surface area (Å²) in [5.41, 5.74) is 7.42. The van der Waals surface area contributed by atoms with Gasteiger partial charge < -0.3 is 10.6 Å². The highest BCUT2D eigenvalue weighted by molar-refractivity contribution is 5.97. The molecular formula is C15H13F2N3. The van der Waals surface area contributed by atoms with Crippen LogP contribution in [0.15, 0.2) is 53.5 Å². The molecule has 0 radical (unpaired) electrons. The molecule has 0 saturated heterocycles. The zero-order valence-corrected chi connectivity index (χ0v) is 10.6. The SMILES string of the molecule is NC1=NCC(c2ccc(F)cc2)N1c1cccc(F)c1. The van der Waals surface area contributed by atoms with Crippen LogP contribution in [0.4, 0.5) is 14.5 Å². The summed E-state index contributed by atoms with van der Waals surface area (Å²) in [7, 11) is 0. The van der Waals surface area contributed by atoms with Crippen molar-refractivity contribution >= 4 is 11.6 Å². The number of anilines is 1. The minimum absolute atomic E-state index is 0.141. The number of nitrogens with two attached hydrogens (primary N) is 1. The first-order chi connectivity index (χ1) is 9.65. The molecular weight excluding hydrogens is 260 g/mol. The lowest BCUT2D eigenvalue weighted by molar-refractivity contribution is 0.624. The molecule has 0 aromatic heterocycles. The fourth-order valence-corrected chi connectivity index (χ4v) is 2.38. The third-order valence-electron chi connectivity index (χ3n) is 3.33. The van der Waals surface area contributed by atoms with Gasteiger partial charge in [-0.05, 0) is 35.9 Å². The fourth-order valence-electron chi connectivity index (χ4n) is 2.38. The van der Waals surface area contributed by atoms with E-state index in [1.54, 1.807) is 29.2 Å². The lowest BCUT2D eigenvalue weighted by atomic mass is 10.1. The molecule has 2 aromatic carbocycles. The first kappa shape index (κ1) is 12.6. The first-order valence-corrected chi connectivity index (χ1v) is 6.25. The molecule has 2 N–H and O–H groups in total. The number of nitrogens with zero attached hydrogens (tertiary/aromatic N) is 2. The Kier molecular flexibility index (Phi) is 3.10. The summed E-state index contributed by atoms with van der Waals surface area (Å²) in [6.07, 6.45) is 0. The number of hydrogen-bond donors (Lipinski definition) is 1. The number of rotatable bonds is 2. The zero-order valence-electron chi connectivity index (χ0n) is 10.6. The van der Waals surface area contributed by atoms with E-state index in [0.29, 0.717) is 18.2 Å². The number of aliphatic imine (C=N–C) groups is 1. The predicted molar refractivity (Wildman–Crippen MR) is 74.5 cm³/mol. The predicted octanol–water partition coefficient (Wildman–Crippen LogP) is 2.84. The van der Waals surface area contributed by atoms with Gasteiger partial charge >= 0.3 is 0 Å². The summed E-state index contributed by atoms with van der Waals surface area (Å²) in [5, 5.41) is 0. The van der Waals surface area contributed by atoms with Crippen molar-refractivity contribution in [2.75, 3.05) is 11.4 Å². The number of halogens is 2. The van der Waals surface area contributed by atoms with Gasteiger partial charge in [-0.2, -0.15) is 0 Å². The fraction of sp³-hybridized carbons (Fsp3) is 0.133. The van der Waals surface area contributed by atoms with Crippen molar-refractivity contribution in [3.8, 4) is 0 Å². The third-order valence-corrected chi connectivity index (χ3v) is 3.33. The molecule has 5 heteroatoms. The van der Waals surface area contributed by atoms with E-state index < -0.39 is 0 Å². The Labute approximate surface area is 115 Å². The number of hydrogen-bond acceptors (Lipinski definition) is 3. The molecule has 1 aliphatic rings. The Balaban J connectivity index is 1.98. The summed E-state index contributed by atoms with van der Waals surface area (Å²) in [4.78, 5) is 5.97. The Hall–Kier alpha value is -2.43. The highest BCUT2D eigenvalue weighted by Gasteiger charge is 2.28. The van der Waals surface area contributed by atoms with Gasteiger partial charge in [0.25, 0.3) is 0 Å². The topological polar surface area (TPSA) is 41.6 Å². The van der Waals surface area contributed by atoms with Crippen LogP contribution in [0.25, 0.3) is 0 Å². The molecule has 1 heterocycles. The van der Waals surface area contributed by atoms with Gasteiger partial charge in [-0.3, -0.25) is 4.99 Å². The molecule has 0 spiro atoms. The molecule has 1 aliphatic heterocycles. The summed E-state index contributed by atoms with van der Waals surface area (Å²) in [6.45, 7) is 0.466. The quantitative estimate of drug-likeness (QED) is 0.914. The van der Waals surface area contributed by atoms with Crippen molar-refractivity contribution < 1.29 is 8.78 Å². The van der Waals surface area contributed by atoms with Gasteiger partial charge in [0.2, 0.25) is 0 Å². The van der Waals surface area contributed by atoms with E-state index >= 15 is 0 Å². The van der Waals surface area contributed by atoms with E-state index in [4.69, 9.17) is 5.73 Å². The normalized spacial score (nSPS) is 18.2. The second-order valence-corrected chi connectivity index (χ2v) is 4.62. The Morgan fingerprint density at radius 1 is 1.05 bits per heavy atom. The van der Waals surface area contributed by atoms with Crippen LogP contribution in [0, 0.1) is 11.6 Å². The highest BCUT2D eigenvalue weighted by atomic mass is 19.1. The van der Waals surface area contributed by atoms with E-state index in [2.05, 4.69) is 4.99 Å². The summed E-state index contributed by atoms with van der Waals surface area (Å²) in [5.74, 6) is -0.289. The molecule has 0 saturated carbocycles. The van der Waals surface area contributed by atoms with Crippen LogP contribution in [0.1, 0.15) is 11.6 Å². The van der Waals surface area contributed by atoms with E-state index in [9.17, 15) is 8.78 Å². The maximum atomic E-state index is 13.4. The van der Waals surface area contributed by atoms with Crippen molar-refractivity contribution in [3.05, 3.63) is 65.7 Å². The Bertz CT molecular complexity index is 652. The van der Waals surface area contributed by atoms with Crippen molar-refractivity contribution in [3.63, 3.8) is 0 Å². The Morgan fingerprint density at radius 3 is 2.50 bits per heavy atom. The van der Waals surface area contributed by atoms with Crippen LogP contribution >= 0.6 is 0 Å². The number of benzene rings is 2. The molecule has 0 amide bonds. The van der Waals surface area contributed by atoms with Gasteiger partial charge in [0.05, 0.1) is 12.6 Å². The van der Waals surface area contributed by atoms with Crippen LogP contribution < -0.4 is 10.6 Å². The molecule has 20 heavy (non-hydrogen) atoms. The average Bonchev–Trinajstić information content (AvgIpc) is 2.81. The van der Waals surface area contributed by atoms with Crippen LogP contribution in [0.2, 0.25) is 0 Å². The molecule has 102 valence electrons. The van der Waals surface area contributed by atoms with Gasteiger partial charge in [-0.25, -0.2) is 8.78 Å². The smallest absolute Gasteiger partial charge is 0.196 e. The molecule has 1 unspecified atom stereocenters. The Morgan fingerprint density at radius 2 is 1.80 bits per heavy atom. The van der Waals surface area contributed by atoms with Crippen LogP contribution in [0.5, 0.6) is 0 Å². The second kappa shape index (κ2) is 4.92. The zero-order chi connectivity index (χ0) is 14.1. The summed E-state index contributed by atoms with van der Waals surface area (Å²) >= 11 is 0. The molecule has 2 aromatic rings. The third kappa shape index (κ3) is 2.22. The maximum Gasteiger partial charge on any atom is 0.196 e. The first-order valence-electron chi connectivity index (χ1n) is 6.25. The van der Waals surface area contributed by atoms with Crippen LogP contribution in [-0.2, 0) is 0 Å². The minimum atomic E-state index is -0.333. The highest BCUT2D eigenvalue weighted by Crippen LogP contribution is 2.31. The van der Waals surface area contributed by atoms with Gasteiger partial charge in [-0.1, -0.05) is 18.2 Å². The molecule has 0 fully saturated rings. The molecule has 0 aliphatic carbocycles. The van der Waals surface area contributed by atoms with Crippen molar-refractivity contribution in [1.29, 1.82) is 0 Å². The van der Waals surface area contributed by atoms with E-state index in [1.165, 1.54) is 24.3 Å². The van der Waals surface area contributed by atoms with Gasteiger partial charge in [-0.15, -0.1) is 0 Å². The molecule has 3 nitrogen and oxygen atoms in total. The van der Waals surface area contributed by atoms with Crippen molar-refractivity contribution in [1.82, 2.24) is 0 Å².